The zero-order valence-corrected chi connectivity index (χ0v) is 13.0. The van der Waals surface area contributed by atoms with E-state index in [4.69, 9.17) is 25.8 Å². The Kier molecular flexibility index (Phi) is 4.05. The Morgan fingerprint density at radius 3 is 2.45 bits per heavy atom. The van der Waals surface area contributed by atoms with E-state index >= 15 is 0 Å². The van der Waals surface area contributed by atoms with Crippen molar-refractivity contribution in [3.63, 3.8) is 0 Å². The molecule has 5 heteroatoms. The van der Waals surface area contributed by atoms with Crippen LogP contribution in [0.4, 0.5) is 0 Å². The van der Waals surface area contributed by atoms with Crippen LogP contribution in [0, 0.1) is 6.92 Å². The number of carbonyl (C=O) groups is 1. The predicted molar refractivity (Wildman–Crippen MR) is 82.4 cm³/mol. The van der Waals surface area contributed by atoms with Gasteiger partial charge in [-0.15, -0.1) is 0 Å². The molecule has 0 amide bonds. The Morgan fingerprint density at radius 1 is 1.14 bits per heavy atom. The molecule has 1 heterocycles. The number of epoxide rings is 1. The van der Waals surface area contributed by atoms with Crippen molar-refractivity contribution in [2.75, 3.05) is 7.11 Å². The second-order valence-corrected chi connectivity index (χ2v) is 5.49. The van der Waals surface area contributed by atoms with Crippen molar-refractivity contribution in [2.24, 2.45) is 0 Å². The molecule has 0 saturated carbocycles. The molecule has 1 aliphatic heterocycles. The summed E-state index contributed by atoms with van der Waals surface area (Å²) in [4.78, 5) is 12.1. The van der Waals surface area contributed by atoms with Gasteiger partial charge < -0.3 is 14.2 Å². The van der Waals surface area contributed by atoms with Gasteiger partial charge in [-0.1, -0.05) is 23.7 Å². The van der Waals surface area contributed by atoms with E-state index in [1.807, 2.05) is 31.2 Å². The molecule has 4 nitrogen and oxygen atoms in total. The largest absolute Gasteiger partial charge is 0.497 e. The van der Waals surface area contributed by atoms with Crippen LogP contribution in [0.15, 0.2) is 42.5 Å². The molecule has 0 aliphatic carbocycles. The van der Waals surface area contributed by atoms with Gasteiger partial charge in [0.25, 0.3) is 0 Å². The van der Waals surface area contributed by atoms with Crippen molar-refractivity contribution in [3.05, 3.63) is 58.6 Å². The molecule has 1 aliphatic rings. The van der Waals surface area contributed by atoms with Gasteiger partial charge in [-0.3, -0.25) is 0 Å². The Labute approximate surface area is 133 Å². The van der Waals surface area contributed by atoms with Crippen LogP contribution in [-0.2, 0) is 9.53 Å². The number of methoxy groups -OCH3 is 1. The standard InChI is InChI=1S/C17H15ClO4/c1-10-9-13(7-8-14(10)18)21-17(19)16-15(22-16)11-3-5-12(20-2)6-4-11/h3-9,15-16H,1-2H3/t15-,16+/m0/s1. The zero-order chi connectivity index (χ0) is 15.7. The maximum Gasteiger partial charge on any atom is 0.343 e. The fourth-order valence-corrected chi connectivity index (χ4v) is 2.31. The van der Waals surface area contributed by atoms with Crippen LogP contribution < -0.4 is 9.47 Å². The number of aryl methyl sites for hydroxylation is 1. The fraction of sp³-hybridized carbons (Fsp3) is 0.235. The number of carbonyl (C=O) groups excluding carboxylic acids is 1. The molecule has 114 valence electrons. The van der Waals surface area contributed by atoms with E-state index in [1.54, 1.807) is 25.3 Å². The van der Waals surface area contributed by atoms with E-state index in [1.165, 1.54) is 0 Å². The SMILES string of the molecule is COc1ccc([C@@H]2O[C@H]2C(=O)Oc2ccc(Cl)c(C)c2)cc1. The molecule has 2 atom stereocenters. The van der Waals surface area contributed by atoms with Crippen molar-refractivity contribution in [3.8, 4) is 11.5 Å². The lowest BCUT2D eigenvalue weighted by molar-refractivity contribution is -0.135. The summed E-state index contributed by atoms with van der Waals surface area (Å²) < 4.78 is 15.8. The highest BCUT2D eigenvalue weighted by Crippen LogP contribution is 2.40. The lowest BCUT2D eigenvalue weighted by atomic mass is 10.1. The first-order valence-corrected chi connectivity index (χ1v) is 7.23. The number of benzene rings is 2. The smallest absolute Gasteiger partial charge is 0.343 e. The summed E-state index contributed by atoms with van der Waals surface area (Å²) in [5.74, 6) is 0.832. The van der Waals surface area contributed by atoms with Gasteiger partial charge in [0.05, 0.1) is 7.11 Å². The summed E-state index contributed by atoms with van der Waals surface area (Å²) >= 11 is 5.94. The second kappa shape index (κ2) is 5.99. The first kappa shape index (κ1) is 14.9. The van der Waals surface area contributed by atoms with E-state index in [0.29, 0.717) is 10.8 Å². The van der Waals surface area contributed by atoms with Gasteiger partial charge >= 0.3 is 5.97 Å². The fourth-order valence-electron chi connectivity index (χ4n) is 2.19. The lowest BCUT2D eigenvalue weighted by Crippen LogP contribution is -2.15. The summed E-state index contributed by atoms with van der Waals surface area (Å²) in [5, 5.41) is 0.638. The minimum Gasteiger partial charge on any atom is -0.497 e. The average molecular weight is 319 g/mol. The van der Waals surface area contributed by atoms with Gasteiger partial charge in [-0.2, -0.15) is 0 Å². The van der Waals surface area contributed by atoms with Crippen molar-refractivity contribution < 1.29 is 19.0 Å². The van der Waals surface area contributed by atoms with Gasteiger partial charge in [0.15, 0.2) is 6.10 Å². The Morgan fingerprint density at radius 2 is 1.82 bits per heavy atom. The first-order chi connectivity index (χ1) is 10.6. The normalized spacial score (nSPS) is 19.6. The van der Waals surface area contributed by atoms with E-state index in [0.717, 1.165) is 16.9 Å². The molecule has 0 radical (unpaired) electrons. The molecule has 0 N–H and O–H groups in total. The van der Waals surface area contributed by atoms with E-state index in [2.05, 4.69) is 0 Å². The van der Waals surface area contributed by atoms with Crippen LogP contribution in [0.2, 0.25) is 5.02 Å². The van der Waals surface area contributed by atoms with Gasteiger partial charge in [-0.05, 0) is 48.4 Å². The van der Waals surface area contributed by atoms with Gasteiger partial charge in [0.2, 0.25) is 0 Å². The second-order valence-electron chi connectivity index (χ2n) is 5.08. The summed E-state index contributed by atoms with van der Waals surface area (Å²) in [5.41, 5.74) is 1.78. The highest BCUT2D eigenvalue weighted by atomic mass is 35.5. The maximum absolute atomic E-state index is 12.1. The molecule has 1 fully saturated rings. The van der Waals surface area contributed by atoms with E-state index < -0.39 is 12.1 Å². The third kappa shape index (κ3) is 3.08. The summed E-state index contributed by atoms with van der Waals surface area (Å²) in [6, 6.07) is 12.5. The Hall–Kier alpha value is -2.04. The number of hydrogen-bond acceptors (Lipinski definition) is 4. The predicted octanol–water partition coefficient (Wildman–Crippen LogP) is 3.70. The number of ether oxygens (including phenoxy) is 3. The van der Waals surface area contributed by atoms with Crippen LogP contribution in [0.1, 0.15) is 17.2 Å². The molecule has 22 heavy (non-hydrogen) atoms. The lowest BCUT2D eigenvalue weighted by Gasteiger charge is -2.04. The third-order valence-corrected chi connectivity index (χ3v) is 3.94. The number of rotatable bonds is 4. The van der Waals surface area contributed by atoms with Gasteiger partial charge in [0, 0.05) is 5.02 Å². The maximum atomic E-state index is 12.1. The Balaban J connectivity index is 1.63. The van der Waals surface area contributed by atoms with Crippen molar-refractivity contribution >= 4 is 17.6 Å². The number of esters is 1. The first-order valence-electron chi connectivity index (χ1n) is 6.86. The Bertz CT molecular complexity index is 696. The summed E-state index contributed by atoms with van der Waals surface area (Å²) in [6.45, 7) is 1.85. The van der Waals surface area contributed by atoms with Crippen LogP contribution in [0.5, 0.6) is 11.5 Å². The monoisotopic (exact) mass is 318 g/mol. The molecule has 3 rings (SSSR count). The van der Waals surface area contributed by atoms with Crippen LogP contribution in [0.25, 0.3) is 0 Å². The highest BCUT2D eigenvalue weighted by Gasteiger charge is 2.47. The van der Waals surface area contributed by atoms with Crippen molar-refractivity contribution in [2.45, 2.75) is 19.1 Å². The summed E-state index contributed by atoms with van der Waals surface area (Å²) in [6.07, 6.45) is -0.823. The molecular weight excluding hydrogens is 304 g/mol. The molecular formula is C17H15ClO4. The van der Waals surface area contributed by atoms with Crippen molar-refractivity contribution in [1.29, 1.82) is 0 Å². The summed E-state index contributed by atoms with van der Waals surface area (Å²) in [7, 11) is 1.61. The number of halogens is 1. The third-order valence-electron chi connectivity index (χ3n) is 3.52. The van der Waals surface area contributed by atoms with E-state index in [9.17, 15) is 4.79 Å². The highest BCUT2D eigenvalue weighted by molar-refractivity contribution is 6.31. The van der Waals surface area contributed by atoms with Crippen LogP contribution in [0.3, 0.4) is 0 Å². The average Bonchev–Trinajstić information content (AvgIpc) is 3.32. The molecule has 0 spiro atoms. The van der Waals surface area contributed by atoms with Crippen LogP contribution in [-0.4, -0.2) is 19.2 Å². The minimum atomic E-state index is -0.565. The molecule has 0 bridgehead atoms. The van der Waals surface area contributed by atoms with Gasteiger partial charge in [-0.25, -0.2) is 4.79 Å². The van der Waals surface area contributed by atoms with E-state index in [-0.39, 0.29) is 6.10 Å². The number of hydrogen-bond donors (Lipinski definition) is 0. The van der Waals surface area contributed by atoms with Gasteiger partial charge in [0.1, 0.15) is 17.6 Å². The molecule has 2 aromatic carbocycles. The zero-order valence-electron chi connectivity index (χ0n) is 12.2. The molecule has 0 aromatic heterocycles. The topological polar surface area (TPSA) is 48.1 Å². The molecule has 1 saturated heterocycles. The minimum absolute atomic E-state index is 0.258. The molecule has 2 aromatic rings. The van der Waals surface area contributed by atoms with Crippen LogP contribution >= 0.6 is 11.6 Å². The van der Waals surface area contributed by atoms with Crippen molar-refractivity contribution in [1.82, 2.24) is 0 Å². The quantitative estimate of drug-likeness (QED) is 0.490. The molecule has 0 unspecified atom stereocenters.